The molecule has 0 saturated carbocycles. The molecule has 0 radical (unpaired) electrons. The summed E-state index contributed by atoms with van der Waals surface area (Å²) in [5, 5.41) is 11.9. The number of aliphatic hydroxyl groups excluding tert-OH is 1. The Morgan fingerprint density at radius 2 is 2.15 bits per heavy atom. The Balaban J connectivity index is 3.82. The summed E-state index contributed by atoms with van der Waals surface area (Å²) in [5.74, 6) is -0.284. The highest BCUT2D eigenvalue weighted by Gasteiger charge is 2.19. The predicted octanol–water partition coefficient (Wildman–Crippen LogP) is 0.156. The second kappa shape index (κ2) is 5.19. The highest BCUT2D eigenvalue weighted by Crippen LogP contribution is 2.11. The van der Waals surface area contributed by atoms with Crippen LogP contribution in [0.25, 0.3) is 0 Å². The summed E-state index contributed by atoms with van der Waals surface area (Å²) in [7, 11) is 1.36. The van der Waals surface area contributed by atoms with Crippen LogP contribution in [0.2, 0.25) is 0 Å². The molecule has 0 bridgehead atoms. The Morgan fingerprint density at radius 3 is 2.54 bits per heavy atom. The maximum absolute atomic E-state index is 11.0. The van der Waals surface area contributed by atoms with E-state index in [-0.39, 0.29) is 24.0 Å². The van der Waals surface area contributed by atoms with E-state index in [9.17, 15) is 4.79 Å². The van der Waals surface area contributed by atoms with Crippen LogP contribution in [0.3, 0.4) is 0 Å². The molecule has 0 amide bonds. The fourth-order valence-electron chi connectivity index (χ4n) is 0.745. The van der Waals surface area contributed by atoms with Gasteiger partial charge in [0.2, 0.25) is 0 Å². The highest BCUT2D eigenvalue weighted by molar-refractivity contribution is 5.75. The first-order chi connectivity index (χ1) is 5.93. The number of aliphatic hydroxyl groups is 1. The lowest BCUT2D eigenvalue weighted by atomic mass is 9.95. The molecule has 2 N–H and O–H groups in total. The summed E-state index contributed by atoms with van der Waals surface area (Å²) in [6, 6.07) is -0.323. The van der Waals surface area contributed by atoms with Crippen molar-refractivity contribution in [2.45, 2.75) is 26.8 Å². The lowest BCUT2D eigenvalue weighted by Gasteiger charge is -2.23. The molecular formula is C9H19NO3. The van der Waals surface area contributed by atoms with Gasteiger partial charge in [0.25, 0.3) is 0 Å². The van der Waals surface area contributed by atoms with Crippen molar-refractivity contribution < 1.29 is 14.6 Å². The van der Waals surface area contributed by atoms with E-state index in [0.717, 1.165) is 0 Å². The van der Waals surface area contributed by atoms with Crippen molar-refractivity contribution >= 4 is 5.97 Å². The zero-order chi connectivity index (χ0) is 10.5. The normalized spacial score (nSPS) is 13.9. The Kier molecular flexibility index (Phi) is 4.95. The van der Waals surface area contributed by atoms with Gasteiger partial charge in [-0.1, -0.05) is 13.8 Å². The Bertz CT molecular complexity index is 168. The van der Waals surface area contributed by atoms with Crippen LogP contribution in [0, 0.1) is 5.41 Å². The molecule has 0 aromatic heterocycles. The van der Waals surface area contributed by atoms with Gasteiger partial charge in [-0.2, -0.15) is 0 Å². The third kappa shape index (κ3) is 4.85. The molecule has 0 saturated heterocycles. The summed E-state index contributed by atoms with van der Waals surface area (Å²) in [5.41, 5.74) is -0.206. The number of ether oxygens (including phenoxy) is 1. The van der Waals surface area contributed by atoms with E-state index in [2.05, 4.69) is 10.1 Å². The van der Waals surface area contributed by atoms with Crippen LogP contribution < -0.4 is 5.32 Å². The smallest absolute Gasteiger partial charge is 0.322 e. The van der Waals surface area contributed by atoms with Crippen molar-refractivity contribution in [2.24, 2.45) is 5.41 Å². The monoisotopic (exact) mass is 189 g/mol. The van der Waals surface area contributed by atoms with E-state index in [1.807, 2.05) is 13.8 Å². The number of methoxy groups -OCH3 is 1. The molecule has 0 aliphatic rings. The number of carbonyl (C=O) groups is 1. The topological polar surface area (TPSA) is 58.6 Å². The molecule has 78 valence electrons. The van der Waals surface area contributed by atoms with Crippen molar-refractivity contribution in [3.05, 3.63) is 0 Å². The van der Waals surface area contributed by atoms with Gasteiger partial charge in [-0.25, -0.2) is 0 Å². The minimum atomic E-state index is -0.323. The summed E-state index contributed by atoms with van der Waals surface area (Å²) < 4.78 is 4.55. The molecule has 1 atom stereocenters. The average Bonchev–Trinajstić information content (AvgIpc) is 2.13. The third-order valence-electron chi connectivity index (χ3n) is 1.87. The van der Waals surface area contributed by atoms with Gasteiger partial charge in [0.05, 0.1) is 7.11 Å². The number of esters is 1. The van der Waals surface area contributed by atoms with Crippen LogP contribution in [0.15, 0.2) is 0 Å². The molecule has 4 heteroatoms. The standard InChI is InChI=1S/C9H19NO3/c1-7(8(12)13-4)10-5-9(2,3)6-11/h7,10-11H,5-6H2,1-4H3/t7-/m0/s1. The van der Waals surface area contributed by atoms with Gasteiger partial charge in [0.1, 0.15) is 6.04 Å². The highest BCUT2D eigenvalue weighted by atomic mass is 16.5. The van der Waals surface area contributed by atoms with Crippen molar-refractivity contribution in [1.29, 1.82) is 0 Å². The summed E-state index contributed by atoms with van der Waals surface area (Å²) in [6.07, 6.45) is 0. The van der Waals surface area contributed by atoms with Gasteiger partial charge in [-0.3, -0.25) is 4.79 Å². The Morgan fingerprint density at radius 1 is 1.62 bits per heavy atom. The molecule has 4 nitrogen and oxygen atoms in total. The number of hydrogen-bond acceptors (Lipinski definition) is 4. The molecule has 0 aliphatic heterocycles. The molecule has 0 unspecified atom stereocenters. The molecule has 0 fully saturated rings. The first-order valence-corrected chi connectivity index (χ1v) is 4.35. The van der Waals surface area contributed by atoms with Gasteiger partial charge in [0.15, 0.2) is 0 Å². The molecule has 0 aromatic carbocycles. The van der Waals surface area contributed by atoms with Crippen molar-refractivity contribution in [3.63, 3.8) is 0 Å². The molecular weight excluding hydrogens is 170 g/mol. The van der Waals surface area contributed by atoms with E-state index in [0.29, 0.717) is 6.54 Å². The third-order valence-corrected chi connectivity index (χ3v) is 1.87. The molecule has 0 spiro atoms. The zero-order valence-electron chi connectivity index (χ0n) is 8.76. The zero-order valence-corrected chi connectivity index (χ0v) is 8.76. The fraction of sp³-hybridized carbons (Fsp3) is 0.889. The summed E-state index contributed by atoms with van der Waals surface area (Å²) >= 11 is 0. The van der Waals surface area contributed by atoms with Gasteiger partial charge in [0, 0.05) is 18.6 Å². The quantitative estimate of drug-likeness (QED) is 0.605. The maximum atomic E-state index is 11.0. The van der Waals surface area contributed by atoms with Crippen molar-refractivity contribution in [1.82, 2.24) is 5.32 Å². The van der Waals surface area contributed by atoms with E-state index in [1.54, 1.807) is 6.92 Å². The van der Waals surface area contributed by atoms with Gasteiger partial charge in [-0.05, 0) is 6.92 Å². The second-order valence-corrected chi connectivity index (χ2v) is 3.95. The van der Waals surface area contributed by atoms with Gasteiger partial charge >= 0.3 is 5.97 Å². The van der Waals surface area contributed by atoms with E-state index >= 15 is 0 Å². The van der Waals surface area contributed by atoms with Gasteiger partial charge < -0.3 is 15.2 Å². The van der Waals surface area contributed by atoms with Crippen LogP contribution in [0.1, 0.15) is 20.8 Å². The summed E-state index contributed by atoms with van der Waals surface area (Å²) in [4.78, 5) is 11.0. The molecule has 0 aromatic rings. The first-order valence-electron chi connectivity index (χ1n) is 4.35. The van der Waals surface area contributed by atoms with Crippen molar-refractivity contribution in [3.8, 4) is 0 Å². The van der Waals surface area contributed by atoms with Gasteiger partial charge in [-0.15, -0.1) is 0 Å². The van der Waals surface area contributed by atoms with Crippen LogP contribution in [0.4, 0.5) is 0 Å². The molecule has 13 heavy (non-hydrogen) atoms. The van der Waals surface area contributed by atoms with Crippen LogP contribution in [-0.2, 0) is 9.53 Å². The van der Waals surface area contributed by atoms with E-state index in [4.69, 9.17) is 5.11 Å². The number of hydrogen-bond donors (Lipinski definition) is 2. The number of nitrogens with one attached hydrogen (secondary N) is 1. The van der Waals surface area contributed by atoms with E-state index < -0.39 is 0 Å². The average molecular weight is 189 g/mol. The maximum Gasteiger partial charge on any atom is 0.322 e. The fourth-order valence-corrected chi connectivity index (χ4v) is 0.745. The number of carbonyl (C=O) groups excluding carboxylic acids is 1. The van der Waals surface area contributed by atoms with Crippen LogP contribution in [-0.4, -0.2) is 37.4 Å². The molecule has 0 rings (SSSR count). The summed E-state index contributed by atoms with van der Waals surface area (Å²) in [6.45, 7) is 6.25. The molecule has 0 heterocycles. The SMILES string of the molecule is COC(=O)[C@H](C)NCC(C)(C)CO. The molecule has 0 aliphatic carbocycles. The lowest BCUT2D eigenvalue weighted by molar-refractivity contribution is -0.142. The van der Waals surface area contributed by atoms with Crippen molar-refractivity contribution in [2.75, 3.05) is 20.3 Å². The Hall–Kier alpha value is -0.610. The van der Waals surface area contributed by atoms with Crippen LogP contribution >= 0.6 is 0 Å². The second-order valence-electron chi connectivity index (χ2n) is 3.95. The van der Waals surface area contributed by atoms with E-state index in [1.165, 1.54) is 7.11 Å². The largest absolute Gasteiger partial charge is 0.468 e. The predicted molar refractivity (Wildman–Crippen MR) is 50.3 cm³/mol. The lowest BCUT2D eigenvalue weighted by Crippen LogP contribution is -2.41. The Labute approximate surface area is 79.3 Å². The minimum absolute atomic E-state index is 0.0912. The number of rotatable bonds is 5. The van der Waals surface area contributed by atoms with Crippen LogP contribution in [0.5, 0.6) is 0 Å². The first kappa shape index (κ1) is 12.4. The minimum Gasteiger partial charge on any atom is -0.468 e.